The van der Waals surface area contributed by atoms with Crippen molar-refractivity contribution >= 4 is 71.1 Å². The van der Waals surface area contributed by atoms with Crippen molar-refractivity contribution in [2.45, 2.75) is 155 Å². The highest BCUT2D eigenvalue weighted by Gasteiger charge is 2.35. The number of rotatable bonds is 33. The summed E-state index contributed by atoms with van der Waals surface area (Å²) in [6, 6.07) is -2.80. The minimum Gasteiger partial charge on any atom is -0.480 e. The highest BCUT2D eigenvalue weighted by Crippen LogP contribution is 2.11. The third kappa shape index (κ3) is 24.7. The van der Waals surface area contributed by atoms with Gasteiger partial charge in [0, 0.05) is 13.1 Å². The number of nitrogens with zero attached hydrogens (tertiary/aromatic N) is 2. The highest BCUT2D eigenvalue weighted by atomic mass is 16.4. The molecule has 0 aromatic heterocycles. The number of amides is 9. The van der Waals surface area contributed by atoms with Gasteiger partial charge in [0.1, 0.15) is 48.3 Å². The predicted octanol–water partition coefficient (Wildman–Crippen LogP) is -4.10. The number of benzene rings is 1. The lowest BCUT2D eigenvalue weighted by molar-refractivity contribution is -0.144. The quantitative estimate of drug-likeness (QED) is 0.0181. The van der Waals surface area contributed by atoms with E-state index in [1.54, 1.807) is 65.8 Å². The lowest BCUT2D eigenvalue weighted by Gasteiger charge is -2.28. The second-order valence-electron chi connectivity index (χ2n) is 19.0. The van der Waals surface area contributed by atoms with Gasteiger partial charge in [-0.2, -0.15) is 0 Å². The fourth-order valence-electron chi connectivity index (χ4n) is 7.07. The molecule has 0 bridgehead atoms. The second-order valence-corrected chi connectivity index (χ2v) is 19.0. The summed E-state index contributed by atoms with van der Waals surface area (Å²) < 4.78 is 0. The second kappa shape index (κ2) is 32.5. The number of carboxylic acid groups (broad SMARTS) is 1. The summed E-state index contributed by atoms with van der Waals surface area (Å²) in [5, 5.41) is 29.7. The van der Waals surface area contributed by atoms with Crippen molar-refractivity contribution in [1.82, 2.24) is 42.5 Å². The first-order valence-electron chi connectivity index (χ1n) is 24.4. The van der Waals surface area contributed by atoms with Crippen LogP contribution in [0.15, 0.2) is 40.3 Å². The van der Waals surface area contributed by atoms with Crippen molar-refractivity contribution in [3.8, 4) is 0 Å². The normalized spacial score (nSPS) is 14.7. The molecule has 0 spiro atoms. The molecule has 0 heterocycles. The van der Waals surface area contributed by atoms with Crippen molar-refractivity contribution in [1.29, 1.82) is 0 Å². The van der Waals surface area contributed by atoms with Crippen LogP contribution in [0.3, 0.4) is 0 Å². The minimum absolute atomic E-state index is 0.0277. The zero-order valence-corrected chi connectivity index (χ0v) is 43.6. The summed E-state index contributed by atoms with van der Waals surface area (Å²) in [5.41, 5.74) is 34.2. The Morgan fingerprint density at radius 1 is 0.500 bits per heavy atom. The Hall–Kier alpha value is -7.58. The van der Waals surface area contributed by atoms with E-state index in [4.69, 9.17) is 34.4 Å². The summed E-state index contributed by atoms with van der Waals surface area (Å²) in [6.45, 7) is 12.7. The van der Waals surface area contributed by atoms with Gasteiger partial charge in [-0.3, -0.25) is 53.1 Å². The number of nitrogens with two attached hydrogens (primary N) is 6. The SMILES string of the molecule is CC(C)C[C@H](NC(=O)[C@@H](N)Cc1ccccc1)C(=O)N[C@@H](CC(N)=O)C(=O)N[C@@H](C)C(=O)N[C@@H](C)C(=O)N[C@@H](CCCN=C(N)N)C(=O)N[C@@H](CCCN=C(N)N)C(=O)N[C@H](C(=O)N[C@H](C(=O)O)C(C)C)C(C)C. The van der Waals surface area contributed by atoms with Crippen LogP contribution in [0.2, 0.25) is 0 Å². The number of guanidine groups is 2. The maximum absolute atomic E-state index is 14.0. The van der Waals surface area contributed by atoms with Crippen molar-refractivity contribution in [3.63, 3.8) is 0 Å². The van der Waals surface area contributed by atoms with Crippen LogP contribution in [0.5, 0.6) is 0 Å². The van der Waals surface area contributed by atoms with Gasteiger partial charge in [0.15, 0.2) is 11.9 Å². The summed E-state index contributed by atoms with van der Waals surface area (Å²) >= 11 is 0. The Bertz CT molecular complexity index is 2130. The molecule has 27 heteroatoms. The van der Waals surface area contributed by atoms with Gasteiger partial charge in [-0.1, -0.05) is 71.9 Å². The molecule has 27 nitrogen and oxygen atoms in total. The third-order valence-corrected chi connectivity index (χ3v) is 11.2. The number of carbonyl (C=O) groups is 10. The first-order chi connectivity index (χ1) is 34.5. The zero-order valence-electron chi connectivity index (χ0n) is 43.6. The largest absolute Gasteiger partial charge is 0.480 e. The highest BCUT2D eigenvalue weighted by molar-refractivity contribution is 5.99. The Labute approximate surface area is 431 Å². The molecule has 21 N–H and O–H groups in total. The van der Waals surface area contributed by atoms with Gasteiger partial charge in [-0.15, -0.1) is 0 Å². The molecule has 0 saturated carbocycles. The van der Waals surface area contributed by atoms with Crippen LogP contribution < -0.4 is 76.9 Å². The molecule has 0 radical (unpaired) electrons. The van der Waals surface area contributed by atoms with E-state index in [9.17, 15) is 53.1 Å². The van der Waals surface area contributed by atoms with E-state index in [2.05, 4.69) is 52.5 Å². The number of nitrogens with one attached hydrogen (secondary N) is 8. The standard InChI is InChI=1S/C47H80N16O11/c1-23(2)20-32(60-39(67)29(48)21-28-14-10-9-11-15-28)43(71)61-33(22-34(49)64)42(70)57-26(7)37(65)56-27(8)38(66)58-30(16-12-18-54-46(50)51)40(68)59-31(17-13-19-55-47(52)53)41(69)62-35(24(3)4)44(72)63-36(25(5)6)45(73)74/h9-11,14-15,23-27,29-33,35-36H,12-13,16-22,48H2,1-8H3,(H2,49,64)(H,56,65)(H,57,70)(H,58,66)(H,59,68)(H,60,67)(H,61,71)(H,62,69)(H,63,72)(H,73,74)(H4,50,51,54)(H4,52,53,55)/t26-,27-,29-,30-,31-,32-,33-,35-,36-/m0/s1. The summed E-state index contributed by atoms with van der Waals surface area (Å²) in [4.78, 5) is 140. The van der Waals surface area contributed by atoms with E-state index in [-0.39, 0.29) is 69.5 Å². The number of hydrogen-bond donors (Lipinski definition) is 15. The lowest BCUT2D eigenvalue weighted by Crippen LogP contribution is -2.60. The third-order valence-electron chi connectivity index (χ3n) is 11.2. The molecule has 9 amide bonds. The van der Waals surface area contributed by atoms with Crippen LogP contribution >= 0.6 is 0 Å². The lowest BCUT2D eigenvalue weighted by atomic mass is 9.99. The van der Waals surface area contributed by atoms with E-state index in [1.807, 2.05) is 6.07 Å². The summed E-state index contributed by atoms with van der Waals surface area (Å²) in [6.07, 6.45) is -0.263. The van der Waals surface area contributed by atoms with E-state index in [0.717, 1.165) is 5.56 Å². The molecule has 1 aromatic rings. The smallest absolute Gasteiger partial charge is 0.326 e. The van der Waals surface area contributed by atoms with E-state index in [1.165, 1.54) is 13.8 Å². The number of aliphatic carboxylic acids is 1. The first-order valence-corrected chi connectivity index (χ1v) is 24.4. The van der Waals surface area contributed by atoms with Crippen molar-refractivity contribution < 1.29 is 53.1 Å². The minimum atomic E-state index is -1.60. The average Bonchev–Trinajstić information content (AvgIpc) is 3.30. The van der Waals surface area contributed by atoms with Gasteiger partial charge >= 0.3 is 5.97 Å². The fraction of sp³-hybridized carbons (Fsp3) is 0.617. The van der Waals surface area contributed by atoms with Crippen molar-refractivity contribution in [2.75, 3.05) is 13.1 Å². The Kier molecular flexibility index (Phi) is 28.3. The number of carboxylic acids is 1. The van der Waals surface area contributed by atoms with Crippen LogP contribution in [-0.2, 0) is 54.4 Å². The topological polar surface area (TPSA) is 468 Å². The summed E-state index contributed by atoms with van der Waals surface area (Å²) in [5.74, 6) is -10.6. The van der Waals surface area contributed by atoms with Gasteiger partial charge < -0.3 is 82.0 Å². The molecule has 0 fully saturated rings. The molecule has 0 aliphatic carbocycles. The van der Waals surface area contributed by atoms with Crippen molar-refractivity contribution in [2.24, 2.45) is 62.1 Å². The molecular weight excluding hydrogens is 965 g/mol. The molecular formula is C47H80N16O11. The van der Waals surface area contributed by atoms with Crippen LogP contribution in [0.4, 0.5) is 0 Å². The Morgan fingerprint density at radius 2 is 0.905 bits per heavy atom. The fourth-order valence-corrected chi connectivity index (χ4v) is 7.07. The number of aliphatic imine (C=N–C) groups is 2. The maximum atomic E-state index is 14.0. The predicted molar refractivity (Wildman–Crippen MR) is 275 cm³/mol. The number of primary amides is 1. The number of carbonyl (C=O) groups excluding carboxylic acids is 9. The Morgan fingerprint density at radius 3 is 1.36 bits per heavy atom. The van der Waals surface area contributed by atoms with Crippen LogP contribution in [0, 0.1) is 17.8 Å². The molecule has 0 aliphatic rings. The monoisotopic (exact) mass is 1040 g/mol. The first kappa shape index (κ1) is 64.4. The molecule has 0 unspecified atom stereocenters. The molecule has 1 aromatic carbocycles. The molecule has 414 valence electrons. The van der Waals surface area contributed by atoms with E-state index in [0.29, 0.717) is 0 Å². The maximum Gasteiger partial charge on any atom is 0.326 e. The van der Waals surface area contributed by atoms with Gasteiger partial charge in [0.2, 0.25) is 53.2 Å². The molecule has 1 rings (SSSR count). The van der Waals surface area contributed by atoms with Gasteiger partial charge in [0.25, 0.3) is 0 Å². The van der Waals surface area contributed by atoms with Crippen LogP contribution in [0.1, 0.15) is 99.5 Å². The average molecular weight is 1050 g/mol. The van der Waals surface area contributed by atoms with Gasteiger partial charge in [-0.05, 0) is 75.7 Å². The van der Waals surface area contributed by atoms with Crippen LogP contribution in [-0.4, -0.2) is 144 Å². The van der Waals surface area contributed by atoms with Crippen molar-refractivity contribution in [3.05, 3.63) is 35.9 Å². The molecule has 0 saturated heterocycles. The van der Waals surface area contributed by atoms with E-state index < -0.39 is 132 Å². The summed E-state index contributed by atoms with van der Waals surface area (Å²) in [7, 11) is 0. The van der Waals surface area contributed by atoms with E-state index >= 15 is 0 Å². The molecule has 74 heavy (non-hydrogen) atoms. The Balaban J connectivity index is 3.27. The molecule has 0 aliphatic heterocycles. The van der Waals surface area contributed by atoms with Gasteiger partial charge in [-0.25, -0.2) is 4.79 Å². The van der Waals surface area contributed by atoms with Gasteiger partial charge in [0.05, 0.1) is 12.5 Å². The van der Waals surface area contributed by atoms with Crippen LogP contribution in [0.25, 0.3) is 0 Å². The zero-order chi connectivity index (χ0) is 56.4. The molecule has 9 atom stereocenters. The number of hydrogen-bond acceptors (Lipinski definition) is 13.